The van der Waals surface area contributed by atoms with Gasteiger partial charge < -0.3 is 5.11 Å². The molecule has 18 heavy (non-hydrogen) atoms. The van der Waals surface area contributed by atoms with Crippen molar-refractivity contribution in [2.45, 2.75) is 19.4 Å². The summed E-state index contributed by atoms with van der Waals surface area (Å²) in [5.74, 6) is -2.37. The minimum atomic E-state index is -0.866. The normalized spacial score (nSPS) is 11.9. The maximum atomic E-state index is 13.4. The number of halogens is 2. The van der Waals surface area contributed by atoms with Crippen LogP contribution in [0.1, 0.15) is 24.2 Å². The Bertz CT molecular complexity index is 426. The number of Topliss-reactive ketones (excluding diaryl/α,β-unsaturated/α-hetero) is 1. The molecular formula is C13H17F2NO2. The Labute approximate surface area is 105 Å². The highest BCUT2D eigenvalue weighted by Crippen LogP contribution is 2.16. The largest absolute Gasteiger partial charge is 0.394 e. The predicted molar refractivity (Wildman–Crippen MR) is 64.5 cm³/mol. The monoisotopic (exact) mass is 257 g/mol. The van der Waals surface area contributed by atoms with Crippen LogP contribution in [0, 0.1) is 11.6 Å². The van der Waals surface area contributed by atoms with Crippen LogP contribution in [0.2, 0.25) is 0 Å². The van der Waals surface area contributed by atoms with E-state index in [2.05, 4.69) is 0 Å². The summed E-state index contributed by atoms with van der Waals surface area (Å²) >= 11 is 0. The standard InChI is InChI=1S/C13H17F2NO2/c1-13(2,8-17)16(3)7-11(18)12-9(14)5-4-6-10(12)15/h4-6,17H,7-8H2,1-3H3. The predicted octanol–water partition coefficient (Wildman–Crippen LogP) is 1.85. The molecule has 0 saturated heterocycles. The first kappa shape index (κ1) is 14.7. The molecule has 0 aliphatic carbocycles. The first-order chi connectivity index (χ1) is 8.29. The van der Waals surface area contributed by atoms with Crippen molar-refractivity contribution in [2.75, 3.05) is 20.2 Å². The lowest BCUT2D eigenvalue weighted by Gasteiger charge is -2.33. The molecule has 1 aromatic carbocycles. The van der Waals surface area contributed by atoms with Gasteiger partial charge in [-0.1, -0.05) is 6.07 Å². The van der Waals surface area contributed by atoms with Gasteiger partial charge in [0.25, 0.3) is 0 Å². The summed E-state index contributed by atoms with van der Waals surface area (Å²) in [7, 11) is 1.62. The molecule has 0 aliphatic heterocycles. The van der Waals surface area contributed by atoms with Gasteiger partial charge in [-0.25, -0.2) is 8.78 Å². The molecule has 5 heteroatoms. The van der Waals surface area contributed by atoms with Crippen molar-refractivity contribution in [1.82, 2.24) is 4.90 Å². The van der Waals surface area contributed by atoms with E-state index < -0.39 is 28.5 Å². The van der Waals surface area contributed by atoms with Crippen LogP contribution < -0.4 is 0 Å². The number of rotatable bonds is 5. The summed E-state index contributed by atoms with van der Waals surface area (Å²) in [5.41, 5.74) is -1.16. The SMILES string of the molecule is CN(CC(=O)c1c(F)cccc1F)C(C)(C)CO. The number of carbonyl (C=O) groups excluding carboxylic acids is 1. The quantitative estimate of drug-likeness (QED) is 0.818. The maximum absolute atomic E-state index is 13.4. The van der Waals surface area contributed by atoms with Gasteiger partial charge >= 0.3 is 0 Å². The van der Waals surface area contributed by atoms with Crippen molar-refractivity contribution >= 4 is 5.78 Å². The third kappa shape index (κ3) is 3.11. The lowest BCUT2D eigenvalue weighted by molar-refractivity contribution is 0.0654. The molecule has 0 spiro atoms. The summed E-state index contributed by atoms with van der Waals surface area (Å²) in [6, 6.07) is 3.31. The molecule has 1 rings (SSSR count). The summed E-state index contributed by atoms with van der Waals surface area (Å²) in [5, 5.41) is 9.16. The number of benzene rings is 1. The number of ketones is 1. The average Bonchev–Trinajstić information content (AvgIpc) is 2.28. The van der Waals surface area contributed by atoms with Crippen molar-refractivity contribution in [3.63, 3.8) is 0 Å². The fraction of sp³-hybridized carbons (Fsp3) is 0.462. The van der Waals surface area contributed by atoms with Crippen LogP contribution >= 0.6 is 0 Å². The summed E-state index contributed by atoms with van der Waals surface area (Å²) in [6.07, 6.45) is 0. The van der Waals surface area contributed by atoms with E-state index >= 15 is 0 Å². The molecule has 1 N–H and O–H groups in total. The number of nitrogens with zero attached hydrogens (tertiary/aromatic N) is 1. The van der Waals surface area contributed by atoms with Gasteiger partial charge in [-0.05, 0) is 33.0 Å². The van der Waals surface area contributed by atoms with E-state index in [-0.39, 0.29) is 13.2 Å². The molecule has 3 nitrogen and oxygen atoms in total. The lowest BCUT2D eigenvalue weighted by atomic mass is 10.0. The maximum Gasteiger partial charge on any atom is 0.182 e. The number of likely N-dealkylation sites (N-methyl/N-ethyl adjacent to an activating group) is 1. The van der Waals surface area contributed by atoms with Crippen LogP contribution in [-0.2, 0) is 0 Å². The van der Waals surface area contributed by atoms with Crippen molar-refractivity contribution < 1.29 is 18.7 Å². The fourth-order valence-electron chi connectivity index (χ4n) is 1.39. The van der Waals surface area contributed by atoms with Gasteiger partial charge in [-0.15, -0.1) is 0 Å². The van der Waals surface area contributed by atoms with Gasteiger partial charge in [0.15, 0.2) is 5.78 Å². The van der Waals surface area contributed by atoms with Gasteiger partial charge in [-0.2, -0.15) is 0 Å². The van der Waals surface area contributed by atoms with Crippen molar-refractivity contribution in [2.24, 2.45) is 0 Å². The van der Waals surface area contributed by atoms with Gasteiger partial charge in [-0.3, -0.25) is 9.69 Å². The van der Waals surface area contributed by atoms with E-state index in [1.165, 1.54) is 6.07 Å². The molecule has 0 unspecified atom stereocenters. The van der Waals surface area contributed by atoms with Gasteiger partial charge in [0.2, 0.25) is 0 Å². The molecule has 0 aliphatic rings. The lowest BCUT2D eigenvalue weighted by Crippen LogP contribution is -2.46. The number of hydrogen-bond acceptors (Lipinski definition) is 3. The topological polar surface area (TPSA) is 40.5 Å². The zero-order chi connectivity index (χ0) is 13.9. The van der Waals surface area contributed by atoms with E-state index in [9.17, 15) is 13.6 Å². The Morgan fingerprint density at radius 2 is 1.83 bits per heavy atom. The molecule has 0 bridgehead atoms. The van der Waals surface area contributed by atoms with Gasteiger partial charge in [0.1, 0.15) is 11.6 Å². The second-order valence-electron chi connectivity index (χ2n) is 4.85. The zero-order valence-electron chi connectivity index (χ0n) is 10.7. The van der Waals surface area contributed by atoms with Crippen LogP contribution in [0.15, 0.2) is 18.2 Å². The molecule has 0 radical (unpaired) electrons. The minimum absolute atomic E-state index is 0.156. The smallest absolute Gasteiger partial charge is 0.182 e. The Kier molecular flexibility index (Phi) is 4.53. The second-order valence-corrected chi connectivity index (χ2v) is 4.85. The van der Waals surface area contributed by atoms with E-state index in [1.807, 2.05) is 0 Å². The van der Waals surface area contributed by atoms with E-state index in [0.717, 1.165) is 12.1 Å². The highest BCUT2D eigenvalue weighted by Gasteiger charge is 2.26. The number of aliphatic hydroxyl groups is 1. The molecule has 0 heterocycles. The Balaban J connectivity index is 2.90. The third-order valence-electron chi connectivity index (χ3n) is 3.04. The highest BCUT2D eigenvalue weighted by atomic mass is 19.1. The van der Waals surface area contributed by atoms with Gasteiger partial charge in [0.05, 0.1) is 18.7 Å². The molecular weight excluding hydrogens is 240 g/mol. The van der Waals surface area contributed by atoms with E-state index in [0.29, 0.717) is 0 Å². The Morgan fingerprint density at radius 1 is 1.33 bits per heavy atom. The van der Waals surface area contributed by atoms with Crippen LogP contribution in [0.25, 0.3) is 0 Å². The number of aliphatic hydroxyl groups excluding tert-OH is 1. The van der Waals surface area contributed by atoms with Crippen LogP contribution in [0.5, 0.6) is 0 Å². The van der Waals surface area contributed by atoms with Gasteiger partial charge in [0, 0.05) is 5.54 Å². The van der Waals surface area contributed by atoms with Crippen molar-refractivity contribution in [1.29, 1.82) is 0 Å². The third-order valence-corrected chi connectivity index (χ3v) is 3.04. The summed E-state index contributed by atoms with van der Waals surface area (Å²) in [6.45, 7) is 3.15. The van der Waals surface area contributed by atoms with Crippen LogP contribution in [0.3, 0.4) is 0 Å². The first-order valence-electron chi connectivity index (χ1n) is 5.59. The van der Waals surface area contributed by atoms with Crippen molar-refractivity contribution in [3.8, 4) is 0 Å². The van der Waals surface area contributed by atoms with Crippen molar-refractivity contribution in [3.05, 3.63) is 35.4 Å². The molecule has 0 saturated carbocycles. The summed E-state index contributed by atoms with van der Waals surface area (Å²) < 4.78 is 26.8. The minimum Gasteiger partial charge on any atom is -0.394 e. The zero-order valence-corrected chi connectivity index (χ0v) is 10.7. The van der Waals surface area contributed by atoms with E-state index in [1.54, 1.807) is 25.8 Å². The molecule has 0 aromatic heterocycles. The fourth-order valence-corrected chi connectivity index (χ4v) is 1.39. The Morgan fingerprint density at radius 3 is 2.28 bits per heavy atom. The Hall–Kier alpha value is -1.33. The highest BCUT2D eigenvalue weighted by molar-refractivity contribution is 5.98. The number of carbonyl (C=O) groups is 1. The van der Waals surface area contributed by atoms with Crippen LogP contribution in [0.4, 0.5) is 8.78 Å². The molecule has 0 atom stereocenters. The molecule has 0 fully saturated rings. The second kappa shape index (κ2) is 5.54. The first-order valence-corrected chi connectivity index (χ1v) is 5.59. The number of hydrogen-bond donors (Lipinski definition) is 1. The van der Waals surface area contributed by atoms with E-state index in [4.69, 9.17) is 5.11 Å². The molecule has 0 amide bonds. The average molecular weight is 257 g/mol. The molecule has 100 valence electrons. The summed E-state index contributed by atoms with van der Waals surface area (Å²) in [4.78, 5) is 13.4. The molecule has 1 aromatic rings. The van der Waals surface area contributed by atoms with Crippen LogP contribution in [-0.4, -0.2) is 41.5 Å².